The predicted molar refractivity (Wildman–Crippen MR) is 90.3 cm³/mol. The van der Waals surface area contributed by atoms with E-state index in [1.165, 1.54) is 6.92 Å². The maximum Gasteiger partial charge on any atom is 0.362 e. The van der Waals surface area contributed by atoms with Gasteiger partial charge in [0.05, 0.1) is 12.3 Å². The second kappa shape index (κ2) is 7.64. The minimum absolute atomic E-state index is 0.186. The number of aliphatic hydroxyl groups is 1. The van der Waals surface area contributed by atoms with Crippen molar-refractivity contribution < 1.29 is 14.6 Å². The van der Waals surface area contributed by atoms with Crippen molar-refractivity contribution in [3.8, 4) is 11.4 Å². The van der Waals surface area contributed by atoms with Gasteiger partial charge < -0.3 is 14.4 Å². The number of benzene rings is 1. The van der Waals surface area contributed by atoms with E-state index in [-0.39, 0.29) is 18.1 Å². The van der Waals surface area contributed by atoms with Gasteiger partial charge in [-0.05, 0) is 50.3 Å². The van der Waals surface area contributed by atoms with Crippen molar-refractivity contribution in [2.75, 3.05) is 6.61 Å². The van der Waals surface area contributed by atoms with Crippen LogP contribution in [0.4, 0.5) is 5.69 Å². The van der Waals surface area contributed by atoms with Crippen LogP contribution in [0.1, 0.15) is 13.8 Å². The standard InChI is InChI=1S/C15H17N5O3S/c1-4-23-14(22)12(9(2)21)17-16-11-7-5-10(6-8-11)13-18-19-15(24)20(13)3/h5-8,21H,4H2,1-3H3,(H,19,24)/b12-9-,17-16?. The molecule has 24 heavy (non-hydrogen) atoms. The summed E-state index contributed by atoms with van der Waals surface area (Å²) in [5.74, 6) is -0.281. The first kappa shape index (κ1) is 17.5. The van der Waals surface area contributed by atoms with Gasteiger partial charge in [0.15, 0.2) is 10.6 Å². The third-order valence-electron chi connectivity index (χ3n) is 3.08. The van der Waals surface area contributed by atoms with Gasteiger partial charge in [0, 0.05) is 12.6 Å². The van der Waals surface area contributed by atoms with E-state index in [1.807, 2.05) is 7.05 Å². The van der Waals surface area contributed by atoms with Gasteiger partial charge >= 0.3 is 5.97 Å². The molecule has 0 amide bonds. The van der Waals surface area contributed by atoms with Crippen molar-refractivity contribution in [2.45, 2.75) is 13.8 Å². The molecule has 0 unspecified atom stereocenters. The zero-order chi connectivity index (χ0) is 17.7. The number of H-pyrrole nitrogens is 1. The lowest BCUT2D eigenvalue weighted by atomic mass is 10.2. The number of aliphatic hydroxyl groups excluding tert-OH is 1. The van der Waals surface area contributed by atoms with Crippen molar-refractivity contribution >= 4 is 23.9 Å². The Balaban J connectivity index is 2.22. The van der Waals surface area contributed by atoms with Crippen molar-refractivity contribution in [1.82, 2.24) is 14.8 Å². The summed E-state index contributed by atoms with van der Waals surface area (Å²) >= 11 is 5.08. The Bertz CT molecular complexity index is 845. The van der Waals surface area contributed by atoms with Gasteiger partial charge in [-0.25, -0.2) is 4.79 Å². The van der Waals surface area contributed by atoms with Crippen LogP contribution in [0.25, 0.3) is 11.4 Å². The maximum absolute atomic E-state index is 11.7. The third-order valence-corrected chi connectivity index (χ3v) is 3.45. The fourth-order valence-corrected chi connectivity index (χ4v) is 1.98. The fraction of sp³-hybridized carbons (Fsp3) is 0.267. The van der Waals surface area contributed by atoms with Crippen LogP contribution in [0.3, 0.4) is 0 Å². The summed E-state index contributed by atoms with van der Waals surface area (Å²) in [7, 11) is 1.81. The molecule has 2 aromatic rings. The topological polar surface area (TPSA) is 105 Å². The van der Waals surface area contributed by atoms with E-state index in [9.17, 15) is 9.90 Å². The molecule has 0 aliphatic carbocycles. The van der Waals surface area contributed by atoms with E-state index >= 15 is 0 Å². The highest BCUT2D eigenvalue weighted by atomic mass is 32.1. The number of azo groups is 1. The Hall–Kier alpha value is -2.81. The molecule has 8 nitrogen and oxygen atoms in total. The molecule has 1 aromatic heterocycles. The van der Waals surface area contributed by atoms with Crippen molar-refractivity contribution in [3.63, 3.8) is 0 Å². The number of carbonyl (C=O) groups excluding carboxylic acids is 1. The molecule has 0 fully saturated rings. The lowest BCUT2D eigenvalue weighted by molar-refractivity contribution is -0.138. The van der Waals surface area contributed by atoms with Gasteiger partial charge in [-0.15, -0.1) is 5.11 Å². The molecule has 0 bridgehead atoms. The molecular formula is C15H17N5O3S. The van der Waals surface area contributed by atoms with E-state index in [1.54, 1.807) is 35.8 Å². The Morgan fingerprint density at radius 2 is 2.08 bits per heavy atom. The summed E-state index contributed by atoms with van der Waals surface area (Å²) in [5, 5.41) is 24.1. The molecule has 2 N–H and O–H groups in total. The summed E-state index contributed by atoms with van der Waals surface area (Å²) in [4.78, 5) is 11.7. The highest BCUT2D eigenvalue weighted by molar-refractivity contribution is 7.71. The monoisotopic (exact) mass is 347 g/mol. The first-order valence-corrected chi connectivity index (χ1v) is 7.55. The number of allylic oxidation sites excluding steroid dienone is 1. The van der Waals surface area contributed by atoms with E-state index in [2.05, 4.69) is 20.4 Å². The van der Waals surface area contributed by atoms with Gasteiger partial charge in [0.25, 0.3) is 0 Å². The number of ether oxygens (including phenoxy) is 1. The Morgan fingerprint density at radius 3 is 2.58 bits per heavy atom. The van der Waals surface area contributed by atoms with Crippen molar-refractivity contribution in [1.29, 1.82) is 0 Å². The quantitative estimate of drug-likeness (QED) is 0.283. The van der Waals surface area contributed by atoms with Crippen LogP contribution < -0.4 is 0 Å². The zero-order valence-electron chi connectivity index (χ0n) is 13.5. The highest BCUT2D eigenvalue weighted by Crippen LogP contribution is 2.22. The van der Waals surface area contributed by atoms with Crippen LogP contribution in [0.5, 0.6) is 0 Å². The molecule has 0 atom stereocenters. The smallest absolute Gasteiger partial charge is 0.362 e. The number of carbonyl (C=O) groups is 1. The largest absolute Gasteiger partial charge is 0.510 e. The lowest BCUT2D eigenvalue weighted by Gasteiger charge is -2.03. The molecule has 0 radical (unpaired) electrons. The highest BCUT2D eigenvalue weighted by Gasteiger charge is 2.14. The maximum atomic E-state index is 11.7. The van der Waals surface area contributed by atoms with Gasteiger partial charge in [-0.3, -0.25) is 5.10 Å². The molecule has 2 rings (SSSR count). The van der Waals surface area contributed by atoms with Crippen LogP contribution in [0.15, 0.2) is 46.0 Å². The number of nitrogens with one attached hydrogen (secondary N) is 1. The summed E-state index contributed by atoms with van der Waals surface area (Å²) in [6.07, 6.45) is 0. The fourth-order valence-electron chi connectivity index (χ4n) is 1.85. The molecule has 1 heterocycles. The number of esters is 1. The van der Waals surface area contributed by atoms with Crippen molar-refractivity contribution in [2.24, 2.45) is 17.3 Å². The van der Waals surface area contributed by atoms with Gasteiger partial charge in [0.2, 0.25) is 5.70 Å². The van der Waals surface area contributed by atoms with Crippen LogP contribution >= 0.6 is 12.2 Å². The molecule has 1 aromatic carbocycles. The van der Waals surface area contributed by atoms with Crippen LogP contribution in [-0.4, -0.2) is 32.4 Å². The van der Waals surface area contributed by atoms with Crippen LogP contribution in [0, 0.1) is 4.77 Å². The molecule has 0 aliphatic rings. The van der Waals surface area contributed by atoms with Gasteiger partial charge in [0.1, 0.15) is 5.76 Å². The first-order valence-electron chi connectivity index (χ1n) is 7.14. The molecule has 126 valence electrons. The second-order valence-corrected chi connectivity index (χ2v) is 5.20. The predicted octanol–water partition coefficient (Wildman–Crippen LogP) is 3.58. The number of aromatic amines is 1. The van der Waals surface area contributed by atoms with Crippen LogP contribution in [0.2, 0.25) is 0 Å². The van der Waals surface area contributed by atoms with E-state index in [0.29, 0.717) is 16.3 Å². The van der Waals surface area contributed by atoms with E-state index < -0.39 is 5.97 Å². The number of nitrogens with zero attached hydrogens (tertiary/aromatic N) is 4. The normalized spacial score (nSPS) is 12.3. The SMILES string of the molecule is CCOC(=O)/C(N=Nc1ccc(-c2n[nH]c(=S)n2C)cc1)=C(\C)O. The van der Waals surface area contributed by atoms with Crippen molar-refractivity contribution in [3.05, 3.63) is 40.5 Å². The molecule has 0 saturated heterocycles. The molecule has 0 aliphatic heterocycles. The Kier molecular flexibility index (Phi) is 5.59. The van der Waals surface area contributed by atoms with E-state index in [0.717, 1.165) is 5.56 Å². The average Bonchev–Trinajstić information content (AvgIpc) is 2.88. The average molecular weight is 347 g/mol. The minimum Gasteiger partial charge on any atom is -0.510 e. The molecule has 0 saturated carbocycles. The third kappa shape index (κ3) is 3.93. The number of hydrogen-bond donors (Lipinski definition) is 2. The summed E-state index contributed by atoms with van der Waals surface area (Å²) in [5.41, 5.74) is 1.14. The molecule has 0 spiro atoms. The summed E-state index contributed by atoms with van der Waals surface area (Å²) < 4.78 is 7.09. The molecule has 9 heteroatoms. The second-order valence-electron chi connectivity index (χ2n) is 4.81. The lowest BCUT2D eigenvalue weighted by Crippen LogP contribution is -2.07. The first-order chi connectivity index (χ1) is 11.4. The van der Waals surface area contributed by atoms with E-state index in [4.69, 9.17) is 17.0 Å². The summed E-state index contributed by atoms with van der Waals surface area (Å²) in [6.45, 7) is 3.20. The Labute approximate surface area is 143 Å². The van der Waals surface area contributed by atoms with Gasteiger partial charge in [-0.1, -0.05) is 0 Å². The Morgan fingerprint density at radius 1 is 1.42 bits per heavy atom. The number of rotatable bonds is 5. The number of aromatic nitrogens is 3. The minimum atomic E-state index is -0.723. The zero-order valence-corrected chi connectivity index (χ0v) is 14.3. The van der Waals surface area contributed by atoms with Crippen LogP contribution in [-0.2, 0) is 16.6 Å². The summed E-state index contributed by atoms with van der Waals surface area (Å²) in [6, 6.07) is 7.04. The molecular weight excluding hydrogens is 330 g/mol. The van der Waals surface area contributed by atoms with Gasteiger partial charge in [-0.2, -0.15) is 10.2 Å². The number of hydrogen-bond acceptors (Lipinski definition) is 7.